The van der Waals surface area contributed by atoms with Crippen LogP contribution in [0.25, 0.3) is 0 Å². The number of carbonyl (C=O) groups excluding carboxylic acids is 1. The van der Waals surface area contributed by atoms with Gasteiger partial charge in [0.25, 0.3) is 0 Å². The Labute approximate surface area is 107 Å². The Morgan fingerprint density at radius 3 is 2.29 bits per heavy atom. The molecule has 0 saturated carbocycles. The number of carboxylic acids is 1. The maximum Gasteiger partial charge on any atom is 0.326 e. The van der Waals surface area contributed by atoms with Crippen molar-refractivity contribution in [3.05, 3.63) is 0 Å². The molecule has 0 bridgehead atoms. The summed E-state index contributed by atoms with van der Waals surface area (Å²) in [5, 5.41) is 11.4. The van der Waals surface area contributed by atoms with Gasteiger partial charge in [-0.1, -0.05) is 20.8 Å². The fourth-order valence-electron chi connectivity index (χ4n) is 1.15. The van der Waals surface area contributed by atoms with Crippen LogP contribution < -0.4 is 11.1 Å². The number of hydrogen-bond acceptors (Lipinski definition) is 4. The zero-order chi connectivity index (χ0) is 13.6. The quantitative estimate of drug-likeness (QED) is 0.654. The largest absolute Gasteiger partial charge is 0.480 e. The summed E-state index contributed by atoms with van der Waals surface area (Å²) < 4.78 is 0. The zero-order valence-electron chi connectivity index (χ0n) is 10.8. The minimum absolute atomic E-state index is 0.382. The van der Waals surface area contributed by atoms with Gasteiger partial charge in [-0.15, -0.1) is 0 Å². The lowest BCUT2D eigenvalue weighted by atomic mass is 9.87. The molecule has 0 heterocycles. The molecule has 100 valence electrons. The smallest absolute Gasteiger partial charge is 0.326 e. The maximum absolute atomic E-state index is 11.8. The fourth-order valence-corrected chi connectivity index (χ4v) is 1.62. The van der Waals surface area contributed by atoms with Crippen LogP contribution in [0, 0.1) is 5.41 Å². The van der Waals surface area contributed by atoms with Crippen LogP contribution in [0.4, 0.5) is 0 Å². The van der Waals surface area contributed by atoms with Gasteiger partial charge in [0.05, 0.1) is 6.04 Å². The monoisotopic (exact) mass is 262 g/mol. The maximum atomic E-state index is 11.8. The summed E-state index contributed by atoms with van der Waals surface area (Å²) in [6, 6.07) is -1.57. The summed E-state index contributed by atoms with van der Waals surface area (Å²) in [4.78, 5) is 22.7. The highest BCUT2D eigenvalue weighted by atomic mass is 32.2. The molecule has 0 radical (unpaired) electrons. The summed E-state index contributed by atoms with van der Waals surface area (Å²) in [6.45, 7) is 5.53. The Kier molecular flexibility index (Phi) is 6.56. The second-order valence-corrected chi connectivity index (χ2v) is 6.01. The van der Waals surface area contributed by atoms with E-state index in [4.69, 9.17) is 10.8 Å². The lowest BCUT2D eigenvalue weighted by Crippen LogP contribution is -2.53. The second kappa shape index (κ2) is 6.86. The topological polar surface area (TPSA) is 92.4 Å². The van der Waals surface area contributed by atoms with Crippen LogP contribution in [-0.2, 0) is 9.59 Å². The summed E-state index contributed by atoms with van der Waals surface area (Å²) in [7, 11) is 0. The van der Waals surface area contributed by atoms with Gasteiger partial charge in [-0.05, 0) is 23.8 Å². The van der Waals surface area contributed by atoms with Crippen LogP contribution >= 0.6 is 11.8 Å². The van der Waals surface area contributed by atoms with Crippen molar-refractivity contribution in [2.45, 2.75) is 39.3 Å². The third-order valence-electron chi connectivity index (χ3n) is 2.44. The van der Waals surface area contributed by atoms with Gasteiger partial charge in [-0.25, -0.2) is 4.79 Å². The number of aliphatic carboxylic acids is 1. The molecule has 1 amide bonds. The Hall–Kier alpha value is -0.750. The van der Waals surface area contributed by atoms with Crippen LogP contribution in [0.2, 0.25) is 0 Å². The van der Waals surface area contributed by atoms with E-state index in [2.05, 4.69) is 5.32 Å². The first-order valence-corrected chi connectivity index (χ1v) is 6.87. The number of carboxylic acid groups (broad SMARTS) is 1. The Morgan fingerprint density at radius 1 is 1.41 bits per heavy atom. The van der Waals surface area contributed by atoms with Crippen LogP contribution in [0.15, 0.2) is 0 Å². The molecule has 4 N–H and O–H groups in total. The molecule has 2 atom stereocenters. The van der Waals surface area contributed by atoms with E-state index in [0.29, 0.717) is 12.2 Å². The fraction of sp³-hybridized carbons (Fsp3) is 0.818. The molecule has 0 aromatic rings. The summed E-state index contributed by atoms with van der Waals surface area (Å²) in [5.41, 5.74) is 5.38. The van der Waals surface area contributed by atoms with E-state index in [9.17, 15) is 9.59 Å². The normalized spacial score (nSPS) is 15.1. The molecule has 0 aliphatic rings. The minimum Gasteiger partial charge on any atom is -0.480 e. The van der Waals surface area contributed by atoms with E-state index in [1.165, 1.54) is 0 Å². The van der Waals surface area contributed by atoms with Crippen LogP contribution in [-0.4, -0.2) is 41.1 Å². The van der Waals surface area contributed by atoms with Gasteiger partial charge >= 0.3 is 5.97 Å². The Bertz CT molecular complexity index is 276. The molecule has 6 heteroatoms. The van der Waals surface area contributed by atoms with E-state index >= 15 is 0 Å². The van der Waals surface area contributed by atoms with Gasteiger partial charge < -0.3 is 16.2 Å². The summed E-state index contributed by atoms with van der Waals surface area (Å²) >= 11 is 1.54. The number of amides is 1. The molecule has 0 aromatic carbocycles. The van der Waals surface area contributed by atoms with Crippen molar-refractivity contribution in [3.63, 3.8) is 0 Å². The second-order valence-electron chi connectivity index (χ2n) is 5.02. The third kappa shape index (κ3) is 5.93. The van der Waals surface area contributed by atoms with E-state index in [1.807, 2.05) is 27.0 Å². The minimum atomic E-state index is -1.02. The van der Waals surface area contributed by atoms with E-state index in [1.54, 1.807) is 11.8 Å². The number of nitrogens with one attached hydrogen (secondary N) is 1. The molecule has 0 saturated heterocycles. The first kappa shape index (κ1) is 16.2. The number of hydrogen-bond donors (Lipinski definition) is 3. The number of nitrogens with two attached hydrogens (primary N) is 1. The number of rotatable bonds is 6. The average Bonchev–Trinajstić information content (AvgIpc) is 2.20. The predicted molar refractivity (Wildman–Crippen MR) is 70.0 cm³/mol. The standard InChI is InChI=1S/C11H22N2O3S/c1-11(2,3)8(12)9(14)13-7(10(15)16)5-6-17-4/h7-8H,5-6,12H2,1-4H3,(H,13,14)(H,15,16). The zero-order valence-corrected chi connectivity index (χ0v) is 11.6. The van der Waals surface area contributed by atoms with Gasteiger partial charge in [0, 0.05) is 0 Å². The van der Waals surface area contributed by atoms with Gasteiger partial charge in [0.2, 0.25) is 5.91 Å². The van der Waals surface area contributed by atoms with Gasteiger partial charge in [-0.2, -0.15) is 11.8 Å². The van der Waals surface area contributed by atoms with Crippen LogP contribution in [0.5, 0.6) is 0 Å². The van der Waals surface area contributed by atoms with Crippen molar-refractivity contribution in [1.82, 2.24) is 5.32 Å². The van der Waals surface area contributed by atoms with Crippen LogP contribution in [0.3, 0.4) is 0 Å². The molecule has 0 rings (SSSR count). The Morgan fingerprint density at radius 2 is 1.94 bits per heavy atom. The van der Waals surface area contributed by atoms with Crippen molar-refractivity contribution in [1.29, 1.82) is 0 Å². The molecule has 0 aliphatic carbocycles. The highest BCUT2D eigenvalue weighted by Crippen LogP contribution is 2.17. The van der Waals surface area contributed by atoms with E-state index < -0.39 is 24.0 Å². The number of carbonyl (C=O) groups is 2. The summed E-state index contributed by atoms with van der Waals surface area (Å²) in [5.74, 6) is -0.748. The lowest BCUT2D eigenvalue weighted by Gasteiger charge is -2.27. The first-order valence-electron chi connectivity index (χ1n) is 5.48. The van der Waals surface area contributed by atoms with Crippen molar-refractivity contribution >= 4 is 23.6 Å². The lowest BCUT2D eigenvalue weighted by molar-refractivity contribution is -0.142. The predicted octanol–water partition coefficient (Wildman–Crippen LogP) is 0.682. The van der Waals surface area contributed by atoms with Crippen LogP contribution in [0.1, 0.15) is 27.2 Å². The highest BCUT2D eigenvalue weighted by molar-refractivity contribution is 7.98. The first-order chi connectivity index (χ1) is 7.70. The molecular formula is C11H22N2O3S. The average molecular weight is 262 g/mol. The van der Waals surface area contributed by atoms with Gasteiger partial charge in [0.1, 0.15) is 6.04 Å². The molecule has 2 unspecified atom stereocenters. The van der Waals surface area contributed by atoms with Gasteiger partial charge in [-0.3, -0.25) is 4.79 Å². The SMILES string of the molecule is CSCCC(NC(=O)C(N)C(C)(C)C)C(=O)O. The Balaban J connectivity index is 4.45. The van der Waals surface area contributed by atoms with Gasteiger partial charge in [0.15, 0.2) is 0 Å². The summed E-state index contributed by atoms with van der Waals surface area (Å²) in [6.07, 6.45) is 2.29. The van der Waals surface area contributed by atoms with Crippen molar-refractivity contribution in [2.75, 3.05) is 12.0 Å². The molecule has 5 nitrogen and oxygen atoms in total. The molecule has 0 aliphatic heterocycles. The van der Waals surface area contributed by atoms with Crippen molar-refractivity contribution in [2.24, 2.45) is 11.1 Å². The third-order valence-corrected chi connectivity index (χ3v) is 3.08. The van der Waals surface area contributed by atoms with Crippen molar-refractivity contribution in [3.8, 4) is 0 Å². The highest BCUT2D eigenvalue weighted by Gasteiger charge is 2.30. The van der Waals surface area contributed by atoms with Crippen molar-refractivity contribution < 1.29 is 14.7 Å². The molecular weight excluding hydrogens is 240 g/mol. The van der Waals surface area contributed by atoms with E-state index in [-0.39, 0.29) is 5.41 Å². The molecule has 0 fully saturated rings. The molecule has 0 spiro atoms. The number of thioether (sulfide) groups is 1. The molecule has 17 heavy (non-hydrogen) atoms. The van der Waals surface area contributed by atoms with E-state index in [0.717, 1.165) is 0 Å². The molecule has 0 aromatic heterocycles.